The predicted molar refractivity (Wildman–Crippen MR) is 110 cm³/mol. The van der Waals surface area contributed by atoms with Gasteiger partial charge in [-0.05, 0) is 23.3 Å². The molecule has 3 aromatic carbocycles. The molecule has 0 aliphatic carbocycles. The minimum Gasteiger partial charge on any atom is -0.545 e. The van der Waals surface area contributed by atoms with Gasteiger partial charge in [-0.25, -0.2) is 0 Å². The second kappa shape index (κ2) is 9.65. The molecule has 0 amide bonds. The molecule has 8 nitrogen and oxygen atoms in total. The van der Waals surface area contributed by atoms with E-state index in [-0.39, 0.29) is 11.1 Å². The number of nitrogens with one attached hydrogen (secondary N) is 2. The Morgan fingerprint density at radius 2 is 1.00 bits per heavy atom. The number of para-hydroxylation sites is 2. The lowest BCUT2D eigenvalue weighted by Crippen LogP contribution is -2.23. The topological polar surface area (TPSA) is 129 Å². The molecule has 150 valence electrons. The maximum absolute atomic E-state index is 11.1. The van der Waals surface area contributed by atoms with Crippen molar-refractivity contribution in [3.05, 3.63) is 95.1 Å². The lowest BCUT2D eigenvalue weighted by atomic mass is 10.1. The SMILES string of the molecule is O=C([O-])c1ccccc1N/N=C\c1ccc(/C=N\Nc2ccccc2C(=O)[O-])cc1. The second-order valence-electron chi connectivity index (χ2n) is 6.07. The van der Waals surface area contributed by atoms with E-state index >= 15 is 0 Å². The highest BCUT2D eigenvalue weighted by molar-refractivity contribution is 5.93. The fraction of sp³-hybridized carbons (Fsp3) is 0. The Hall–Kier alpha value is -4.46. The van der Waals surface area contributed by atoms with Crippen molar-refractivity contribution >= 4 is 35.7 Å². The van der Waals surface area contributed by atoms with Crippen molar-refractivity contribution in [3.8, 4) is 0 Å². The van der Waals surface area contributed by atoms with Crippen LogP contribution in [0.2, 0.25) is 0 Å². The summed E-state index contributed by atoms with van der Waals surface area (Å²) in [4.78, 5) is 22.1. The number of aromatic carboxylic acids is 2. The normalized spacial score (nSPS) is 10.9. The average Bonchev–Trinajstić information content (AvgIpc) is 2.75. The van der Waals surface area contributed by atoms with Crippen LogP contribution in [0.3, 0.4) is 0 Å². The largest absolute Gasteiger partial charge is 0.545 e. The zero-order valence-electron chi connectivity index (χ0n) is 15.6. The van der Waals surface area contributed by atoms with Crippen molar-refractivity contribution in [2.24, 2.45) is 10.2 Å². The highest BCUT2D eigenvalue weighted by atomic mass is 16.4. The smallest absolute Gasteiger partial charge is 0.0736 e. The number of hydrogen-bond acceptors (Lipinski definition) is 8. The van der Waals surface area contributed by atoms with Gasteiger partial charge in [-0.1, -0.05) is 60.7 Å². The minimum atomic E-state index is -1.28. The summed E-state index contributed by atoms with van der Waals surface area (Å²) in [7, 11) is 0. The van der Waals surface area contributed by atoms with Crippen LogP contribution in [0.5, 0.6) is 0 Å². The molecule has 2 N–H and O–H groups in total. The summed E-state index contributed by atoms with van der Waals surface area (Å²) >= 11 is 0. The Morgan fingerprint density at radius 3 is 1.37 bits per heavy atom. The van der Waals surface area contributed by atoms with Gasteiger partial charge >= 0.3 is 0 Å². The number of nitrogens with zero attached hydrogens (tertiary/aromatic N) is 2. The Kier molecular flexibility index (Phi) is 6.52. The van der Waals surface area contributed by atoms with Crippen molar-refractivity contribution < 1.29 is 19.8 Å². The molecule has 0 aliphatic rings. The molecule has 3 rings (SSSR count). The summed E-state index contributed by atoms with van der Waals surface area (Å²) in [5.74, 6) is -2.57. The van der Waals surface area contributed by atoms with Gasteiger partial charge in [0.1, 0.15) is 0 Å². The van der Waals surface area contributed by atoms with E-state index in [1.165, 1.54) is 12.1 Å². The number of hydrazone groups is 2. The molecule has 0 heterocycles. The van der Waals surface area contributed by atoms with E-state index in [4.69, 9.17) is 0 Å². The summed E-state index contributed by atoms with van der Waals surface area (Å²) in [5.41, 5.74) is 7.64. The molecule has 0 atom stereocenters. The minimum absolute atomic E-state index is 0.0222. The number of carboxylic acid groups (broad SMARTS) is 2. The van der Waals surface area contributed by atoms with Gasteiger partial charge in [0.05, 0.1) is 35.7 Å². The van der Waals surface area contributed by atoms with Gasteiger partial charge in [-0.3, -0.25) is 10.9 Å². The van der Waals surface area contributed by atoms with Crippen LogP contribution in [0.15, 0.2) is 83.0 Å². The summed E-state index contributed by atoms with van der Waals surface area (Å²) < 4.78 is 0. The highest BCUT2D eigenvalue weighted by Gasteiger charge is 2.01. The lowest BCUT2D eigenvalue weighted by Gasteiger charge is -2.09. The maximum Gasteiger partial charge on any atom is 0.0736 e. The molecule has 30 heavy (non-hydrogen) atoms. The molecule has 0 aromatic heterocycles. The van der Waals surface area contributed by atoms with Crippen LogP contribution < -0.4 is 21.1 Å². The van der Waals surface area contributed by atoms with Crippen LogP contribution in [0.4, 0.5) is 11.4 Å². The van der Waals surface area contributed by atoms with Gasteiger partial charge in [0, 0.05) is 11.1 Å². The Labute approximate surface area is 172 Å². The first-order chi connectivity index (χ1) is 14.5. The molecule has 0 unspecified atom stereocenters. The van der Waals surface area contributed by atoms with E-state index in [9.17, 15) is 19.8 Å². The van der Waals surface area contributed by atoms with Crippen LogP contribution in [-0.4, -0.2) is 24.4 Å². The zero-order valence-corrected chi connectivity index (χ0v) is 15.6. The van der Waals surface area contributed by atoms with Crippen LogP contribution in [-0.2, 0) is 0 Å². The molecule has 0 radical (unpaired) electrons. The monoisotopic (exact) mass is 400 g/mol. The van der Waals surface area contributed by atoms with E-state index in [0.29, 0.717) is 11.4 Å². The van der Waals surface area contributed by atoms with Gasteiger partial charge < -0.3 is 19.8 Å². The number of benzene rings is 3. The Bertz CT molecular complexity index is 1020. The van der Waals surface area contributed by atoms with E-state index in [1.807, 2.05) is 0 Å². The molecule has 0 aliphatic heterocycles. The third-order valence-electron chi connectivity index (χ3n) is 4.03. The third-order valence-corrected chi connectivity index (χ3v) is 4.03. The predicted octanol–water partition coefficient (Wildman–Crippen LogP) is 1.31. The number of carbonyl (C=O) groups excluding carboxylic acids is 2. The fourth-order valence-electron chi connectivity index (χ4n) is 2.54. The fourth-order valence-corrected chi connectivity index (χ4v) is 2.54. The Morgan fingerprint density at radius 1 is 0.633 bits per heavy atom. The van der Waals surface area contributed by atoms with Crippen molar-refractivity contribution in [3.63, 3.8) is 0 Å². The van der Waals surface area contributed by atoms with Crippen LogP contribution in [0.1, 0.15) is 31.8 Å². The van der Waals surface area contributed by atoms with Crippen LogP contribution >= 0.6 is 0 Å². The molecule has 0 saturated carbocycles. The summed E-state index contributed by atoms with van der Waals surface area (Å²) in [5, 5.41) is 30.2. The quantitative estimate of drug-likeness (QED) is 0.433. The van der Waals surface area contributed by atoms with Gasteiger partial charge in [0.15, 0.2) is 0 Å². The third kappa shape index (κ3) is 5.29. The molecule has 0 saturated heterocycles. The molecule has 0 bridgehead atoms. The highest BCUT2D eigenvalue weighted by Crippen LogP contribution is 2.15. The van der Waals surface area contributed by atoms with Crippen molar-refractivity contribution in [2.45, 2.75) is 0 Å². The molecule has 0 fully saturated rings. The van der Waals surface area contributed by atoms with Gasteiger partial charge in [-0.15, -0.1) is 0 Å². The molecular formula is C22H16N4O4-2. The number of rotatable bonds is 8. The van der Waals surface area contributed by atoms with Gasteiger partial charge in [-0.2, -0.15) is 10.2 Å². The summed E-state index contributed by atoms with van der Waals surface area (Å²) in [6.07, 6.45) is 3.09. The number of carboxylic acids is 2. The average molecular weight is 400 g/mol. The molecule has 3 aromatic rings. The first kappa shape index (κ1) is 20.3. The maximum atomic E-state index is 11.1. The molecule has 8 heteroatoms. The van der Waals surface area contributed by atoms with Crippen molar-refractivity contribution in [1.82, 2.24) is 0 Å². The van der Waals surface area contributed by atoms with Crippen LogP contribution in [0.25, 0.3) is 0 Å². The zero-order chi connectivity index (χ0) is 21.3. The lowest BCUT2D eigenvalue weighted by molar-refractivity contribution is -0.256. The van der Waals surface area contributed by atoms with Gasteiger partial charge in [0.2, 0.25) is 0 Å². The number of carbonyl (C=O) groups is 2. The standard InChI is InChI=1S/C22H18N4O4/c27-21(28)17-5-1-3-7-19(17)25-23-13-15-9-11-16(12-10-15)14-24-26-20-8-4-2-6-18(20)22(29)30/h1-14,25-26H,(H,27,28)(H,29,30)/p-2/b23-13-,24-14-. The second-order valence-corrected chi connectivity index (χ2v) is 6.07. The van der Waals surface area contributed by atoms with E-state index in [0.717, 1.165) is 11.1 Å². The summed E-state index contributed by atoms with van der Waals surface area (Å²) in [6.45, 7) is 0. The molecule has 0 spiro atoms. The van der Waals surface area contributed by atoms with Crippen molar-refractivity contribution in [2.75, 3.05) is 10.9 Å². The number of anilines is 2. The number of hydrogen-bond donors (Lipinski definition) is 2. The van der Waals surface area contributed by atoms with E-state index in [1.54, 1.807) is 73.1 Å². The van der Waals surface area contributed by atoms with E-state index < -0.39 is 11.9 Å². The van der Waals surface area contributed by atoms with Crippen LogP contribution in [0, 0.1) is 0 Å². The Balaban J connectivity index is 1.60. The van der Waals surface area contributed by atoms with Gasteiger partial charge in [0.25, 0.3) is 0 Å². The molecular weight excluding hydrogens is 384 g/mol. The first-order valence-corrected chi connectivity index (χ1v) is 8.83. The first-order valence-electron chi connectivity index (χ1n) is 8.83. The van der Waals surface area contributed by atoms with E-state index in [2.05, 4.69) is 21.1 Å². The summed E-state index contributed by atoms with van der Waals surface area (Å²) in [6, 6.07) is 19.8. The van der Waals surface area contributed by atoms with Crippen molar-refractivity contribution in [1.29, 1.82) is 0 Å².